The van der Waals surface area contributed by atoms with E-state index in [0.29, 0.717) is 7.92 Å². The Bertz CT molecular complexity index is 110. The smallest absolute Gasteiger partial charge is 0.0209 e. The molecule has 2 aliphatic rings. The molecule has 1 saturated heterocycles. The molecular formula is C10H19P. The SMILES string of the molecule is C1CCP(C2CCCC2)CC1. The second-order valence-corrected chi connectivity index (χ2v) is 6.84. The predicted octanol–water partition coefficient (Wildman–Crippen LogP) is 3.59. The summed E-state index contributed by atoms with van der Waals surface area (Å²) in [6.07, 6.45) is 14.2. The van der Waals surface area contributed by atoms with Crippen LogP contribution in [0.15, 0.2) is 0 Å². The van der Waals surface area contributed by atoms with Gasteiger partial charge in [0.25, 0.3) is 0 Å². The summed E-state index contributed by atoms with van der Waals surface area (Å²) in [5.74, 6) is 0. The third-order valence-corrected chi connectivity index (χ3v) is 6.56. The quantitative estimate of drug-likeness (QED) is 0.527. The second kappa shape index (κ2) is 3.90. The summed E-state index contributed by atoms with van der Waals surface area (Å²) >= 11 is 0. The molecule has 2 fully saturated rings. The lowest BCUT2D eigenvalue weighted by Gasteiger charge is -2.27. The Kier molecular flexibility index (Phi) is 2.85. The Balaban J connectivity index is 1.82. The highest BCUT2D eigenvalue weighted by atomic mass is 31.1. The van der Waals surface area contributed by atoms with Crippen molar-refractivity contribution < 1.29 is 0 Å². The van der Waals surface area contributed by atoms with Gasteiger partial charge in [0.05, 0.1) is 0 Å². The molecule has 1 aliphatic heterocycles. The van der Waals surface area contributed by atoms with Crippen LogP contribution in [0, 0.1) is 0 Å². The molecular weight excluding hydrogens is 151 g/mol. The topological polar surface area (TPSA) is 0 Å². The van der Waals surface area contributed by atoms with E-state index >= 15 is 0 Å². The third kappa shape index (κ3) is 1.96. The van der Waals surface area contributed by atoms with E-state index in [1.807, 2.05) is 0 Å². The molecule has 0 aromatic carbocycles. The first-order chi connectivity index (χ1) is 5.47. The van der Waals surface area contributed by atoms with Crippen molar-refractivity contribution in [3.8, 4) is 0 Å². The van der Waals surface area contributed by atoms with Crippen LogP contribution in [0.3, 0.4) is 0 Å². The van der Waals surface area contributed by atoms with Crippen LogP contribution in [-0.4, -0.2) is 18.0 Å². The average molecular weight is 170 g/mol. The summed E-state index contributed by atoms with van der Waals surface area (Å²) in [6, 6.07) is 0. The molecule has 2 rings (SSSR count). The predicted molar refractivity (Wildman–Crippen MR) is 52.8 cm³/mol. The van der Waals surface area contributed by atoms with Crippen LogP contribution in [0.4, 0.5) is 0 Å². The molecule has 0 aromatic rings. The van der Waals surface area contributed by atoms with E-state index in [1.54, 1.807) is 50.8 Å². The van der Waals surface area contributed by atoms with Crippen molar-refractivity contribution in [3.05, 3.63) is 0 Å². The van der Waals surface area contributed by atoms with Gasteiger partial charge in [-0.2, -0.15) is 0 Å². The largest absolute Gasteiger partial charge is 0.104 e. The standard InChI is InChI=1S/C10H19P/c1-4-8-11(9-5-1)10-6-2-3-7-10/h10H,1-9H2. The van der Waals surface area contributed by atoms with E-state index < -0.39 is 0 Å². The fourth-order valence-electron chi connectivity index (χ4n) is 2.55. The Hall–Kier alpha value is 0.430. The molecule has 0 bridgehead atoms. The summed E-state index contributed by atoms with van der Waals surface area (Å²) in [5, 5.41) is 0. The van der Waals surface area contributed by atoms with Gasteiger partial charge in [0, 0.05) is 0 Å². The highest BCUT2D eigenvalue weighted by molar-refractivity contribution is 7.58. The molecule has 0 spiro atoms. The first kappa shape index (κ1) is 8.05. The van der Waals surface area contributed by atoms with Gasteiger partial charge in [0.15, 0.2) is 0 Å². The van der Waals surface area contributed by atoms with E-state index in [2.05, 4.69) is 0 Å². The molecule has 0 nitrogen and oxygen atoms in total. The minimum Gasteiger partial charge on any atom is -0.104 e. The van der Waals surface area contributed by atoms with E-state index in [9.17, 15) is 0 Å². The summed E-state index contributed by atoms with van der Waals surface area (Å²) in [5.41, 5.74) is 1.21. The summed E-state index contributed by atoms with van der Waals surface area (Å²) < 4.78 is 0. The van der Waals surface area contributed by atoms with Gasteiger partial charge >= 0.3 is 0 Å². The van der Waals surface area contributed by atoms with Crippen LogP contribution in [0.25, 0.3) is 0 Å². The van der Waals surface area contributed by atoms with Crippen molar-refractivity contribution in [1.82, 2.24) is 0 Å². The fourth-order valence-corrected chi connectivity index (χ4v) is 5.86. The van der Waals surface area contributed by atoms with Crippen LogP contribution < -0.4 is 0 Å². The fraction of sp³-hybridized carbons (Fsp3) is 1.00. The molecule has 1 heterocycles. The molecule has 0 atom stereocenters. The molecule has 0 N–H and O–H groups in total. The molecule has 0 aromatic heterocycles. The van der Waals surface area contributed by atoms with Gasteiger partial charge in [-0.3, -0.25) is 0 Å². The van der Waals surface area contributed by atoms with Crippen LogP contribution in [0.5, 0.6) is 0 Å². The molecule has 1 heteroatoms. The molecule has 0 amide bonds. The van der Waals surface area contributed by atoms with Crippen molar-refractivity contribution in [2.75, 3.05) is 12.3 Å². The molecule has 1 aliphatic carbocycles. The van der Waals surface area contributed by atoms with Gasteiger partial charge in [0.2, 0.25) is 0 Å². The maximum atomic E-state index is 1.62. The zero-order valence-corrected chi connectivity index (χ0v) is 8.28. The summed E-state index contributed by atoms with van der Waals surface area (Å²) in [7, 11) is 0.527. The van der Waals surface area contributed by atoms with Crippen LogP contribution in [-0.2, 0) is 0 Å². The number of hydrogen-bond acceptors (Lipinski definition) is 0. The van der Waals surface area contributed by atoms with Gasteiger partial charge in [-0.25, -0.2) is 0 Å². The summed E-state index contributed by atoms with van der Waals surface area (Å²) in [4.78, 5) is 0. The van der Waals surface area contributed by atoms with Crippen LogP contribution >= 0.6 is 7.92 Å². The van der Waals surface area contributed by atoms with Crippen molar-refractivity contribution in [2.24, 2.45) is 0 Å². The Morgan fingerprint density at radius 2 is 1.36 bits per heavy atom. The zero-order chi connectivity index (χ0) is 7.52. The lowest BCUT2D eigenvalue weighted by molar-refractivity contribution is 0.735. The van der Waals surface area contributed by atoms with E-state index in [4.69, 9.17) is 0 Å². The Morgan fingerprint density at radius 1 is 0.727 bits per heavy atom. The first-order valence-corrected chi connectivity index (χ1v) is 6.99. The van der Waals surface area contributed by atoms with E-state index in [0.717, 1.165) is 0 Å². The van der Waals surface area contributed by atoms with Crippen molar-refractivity contribution >= 4 is 7.92 Å². The maximum absolute atomic E-state index is 1.62. The number of hydrogen-bond donors (Lipinski definition) is 0. The summed E-state index contributed by atoms with van der Waals surface area (Å²) in [6.45, 7) is 0. The van der Waals surface area contributed by atoms with Crippen LogP contribution in [0.1, 0.15) is 44.9 Å². The van der Waals surface area contributed by atoms with Gasteiger partial charge in [-0.05, 0) is 43.7 Å². The minimum atomic E-state index is 0.527. The third-order valence-electron chi connectivity index (χ3n) is 3.23. The van der Waals surface area contributed by atoms with Crippen molar-refractivity contribution in [1.29, 1.82) is 0 Å². The Morgan fingerprint density at radius 3 is 2.00 bits per heavy atom. The van der Waals surface area contributed by atoms with Gasteiger partial charge in [-0.15, -0.1) is 7.92 Å². The van der Waals surface area contributed by atoms with E-state index in [1.165, 1.54) is 12.1 Å². The number of rotatable bonds is 1. The zero-order valence-electron chi connectivity index (χ0n) is 7.39. The maximum Gasteiger partial charge on any atom is -0.0209 e. The first-order valence-electron chi connectivity index (χ1n) is 5.21. The minimum absolute atomic E-state index is 0.527. The normalized spacial score (nSPS) is 29.5. The average Bonchev–Trinajstić information content (AvgIpc) is 2.58. The van der Waals surface area contributed by atoms with Crippen molar-refractivity contribution in [2.45, 2.75) is 50.6 Å². The lowest BCUT2D eigenvalue weighted by atomic mass is 10.3. The lowest BCUT2D eigenvalue weighted by Crippen LogP contribution is -2.09. The molecule has 0 radical (unpaired) electrons. The van der Waals surface area contributed by atoms with Gasteiger partial charge < -0.3 is 0 Å². The molecule has 0 unspecified atom stereocenters. The second-order valence-electron chi connectivity index (χ2n) is 4.03. The monoisotopic (exact) mass is 170 g/mol. The molecule has 64 valence electrons. The van der Waals surface area contributed by atoms with Gasteiger partial charge in [-0.1, -0.05) is 19.3 Å². The highest BCUT2D eigenvalue weighted by Crippen LogP contribution is 2.51. The van der Waals surface area contributed by atoms with Gasteiger partial charge in [0.1, 0.15) is 0 Å². The van der Waals surface area contributed by atoms with E-state index in [-0.39, 0.29) is 0 Å². The van der Waals surface area contributed by atoms with Crippen molar-refractivity contribution in [3.63, 3.8) is 0 Å². The molecule has 11 heavy (non-hydrogen) atoms. The molecule has 1 saturated carbocycles. The Labute approximate surface area is 71.5 Å². The highest BCUT2D eigenvalue weighted by Gasteiger charge is 2.25. The van der Waals surface area contributed by atoms with Crippen LogP contribution in [0.2, 0.25) is 0 Å².